The van der Waals surface area contributed by atoms with E-state index >= 15 is 0 Å². The number of likely N-dealkylation sites (N-methyl/N-ethyl adjacent to an activating group) is 1. The number of nitrogens with one attached hydrogen (secondary N) is 1. The van der Waals surface area contributed by atoms with Crippen LogP contribution >= 0.6 is 0 Å². The maximum Gasteiger partial charge on any atom is 0.320 e. The van der Waals surface area contributed by atoms with E-state index in [0.29, 0.717) is 26.1 Å². The zero-order valence-electron chi connectivity index (χ0n) is 19.7. The molecule has 2 heterocycles. The van der Waals surface area contributed by atoms with Gasteiger partial charge in [0.15, 0.2) is 0 Å². The first-order valence-corrected chi connectivity index (χ1v) is 13.7. The van der Waals surface area contributed by atoms with Crippen LogP contribution in [0.4, 0.5) is 9.18 Å². The third-order valence-electron chi connectivity index (χ3n) is 8.06. The van der Waals surface area contributed by atoms with Crippen LogP contribution in [0.15, 0.2) is 48.5 Å². The van der Waals surface area contributed by atoms with E-state index in [1.54, 1.807) is 16.8 Å². The van der Waals surface area contributed by atoms with E-state index < -0.39 is 27.1 Å². The van der Waals surface area contributed by atoms with Gasteiger partial charge in [-0.3, -0.25) is 0 Å². The number of alkyl halides is 1. The van der Waals surface area contributed by atoms with Gasteiger partial charge in [-0.05, 0) is 36.5 Å². The highest BCUT2D eigenvalue weighted by atomic mass is 32.2. The summed E-state index contributed by atoms with van der Waals surface area (Å²) in [6.45, 7) is 1.20. The molecule has 2 aromatic carbocycles. The average molecular weight is 500 g/mol. The van der Waals surface area contributed by atoms with E-state index in [-0.39, 0.29) is 24.3 Å². The lowest BCUT2D eigenvalue weighted by molar-refractivity contribution is 0.146. The number of urea groups is 1. The number of carbonyl (C=O) groups is 1. The number of hydrogen-bond acceptors (Lipinski definition) is 4. The topological polar surface area (TPSA) is 79.0 Å². The Kier molecular flexibility index (Phi) is 5.16. The van der Waals surface area contributed by atoms with Gasteiger partial charge in [-0.25, -0.2) is 22.3 Å². The summed E-state index contributed by atoms with van der Waals surface area (Å²) in [4.78, 5) is 17.0. The lowest BCUT2D eigenvalue weighted by Crippen LogP contribution is -2.53. The summed E-state index contributed by atoms with van der Waals surface area (Å²) in [7, 11) is -2.39. The van der Waals surface area contributed by atoms with Crippen LogP contribution in [0.1, 0.15) is 31.2 Å². The van der Waals surface area contributed by atoms with E-state index in [0.717, 1.165) is 35.3 Å². The van der Waals surface area contributed by atoms with Gasteiger partial charge in [0.2, 0.25) is 15.0 Å². The van der Waals surface area contributed by atoms with E-state index in [2.05, 4.69) is 10.8 Å². The van der Waals surface area contributed by atoms with Crippen molar-refractivity contribution in [2.24, 2.45) is 5.41 Å². The highest BCUT2D eigenvalue weighted by Gasteiger charge is 2.64. The van der Waals surface area contributed by atoms with Crippen LogP contribution in [-0.2, 0) is 16.4 Å². The quantitative estimate of drug-likeness (QED) is 0.701. The SMILES string of the molecule is CN1CCOc2ccccc2-c2cccc(c2)C[C@H]2[C@@H](NS(=O)(=O)C3(F)CC3)C3(CC3)CN2C1=O. The molecule has 1 N–H and O–H groups in total. The van der Waals surface area contributed by atoms with Crippen molar-refractivity contribution in [3.63, 3.8) is 0 Å². The van der Waals surface area contributed by atoms with Crippen molar-refractivity contribution in [1.82, 2.24) is 14.5 Å². The van der Waals surface area contributed by atoms with Crippen LogP contribution in [0.25, 0.3) is 11.1 Å². The number of sulfonamides is 1. The number of halogens is 1. The van der Waals surface area contributed by atoms with Crippen molar-refractivity contribution in [3.05, 3.63) is 54.1 Å². The third kappa shape index (κ3) is 3.89. The Morgan fingerprint density at radius 3 is 2.60 bits per heavy atom. The van der Waals surface area contributed by atoms with Crippen molar-refractivity contribution >= 4 is 16.1 Å². The summed E-state index contributed by atoms with van der Waals surface area (Å²) < 4.78 is 49.4. The maximum absolute atomic E-state index is 14.7. The molecule has 7 nitrogen and oxygen atoms in total. The first-order valence-electron chi connectivity index (χ1n) is 12.3. The van der Waals surface area contributed by atoms with E-state index in [1.165, 1.54) is 0 Å². The number of ether oxygens (including phenoxy) is 1. The second kappa shape index (κ2) is 7.93. The summed E-state index contributed by atoms with van der Waals surface area (Å²) in [5.74, 6) is 0.755. The molecule has 2 bridgehead atoms. The summed E-state index contributed by atoms with van der Waals surface area (Å²) >= 11 is 0. The fraction of sp³-hybridized carbons (Fsp3) is 0.500. The van der Waals surface area contributed by atoms with Crippen molar-refractivity contribution in [2.75, 3.05) is 26.7 Å². The normalized spacial score (nSPS) is 26.6. The molecule has 2 atom stereocenters. The van der Waals surface area contributed by atoms with Gasteiger partial charge in [0.25, 0.3) is 0 Å². The molecule has 2 aromatic rings. The molecule has 4 aliphatic rings. The Morgan fingerprint density at radius 2 is 1.86 bits per heavy atom. The van der Waals surface area contributed by atoms with Gasteiger partial charge in [0.1, 0.15) is 12.4 Å². The van der Waals surface area contributed by atoms with Gasteiger partial charge < -0.3 is 14.5 Å². The minimum absolute atomic E-state index is 0.0273. The number of carbonyl (C=O) groups excluding carboxylic acids is 1. The number of amides is 2. The Bertz CT molecular complexity index is 1270. The monoisotopic (exact) mass is 499 g/mol. The molecule has 2 aliphatic heterocycles. The van der Waals surface area contributed by atoms with Crippen LogP contribution < -0.4 is 9.46 Å². The number of para-hydroxylation sites is 1. The fourth-order valence-corrected chi connectivity index (χ4v) is 7.19. The number of rotatable bonds is 3. The standard InChI is InChI=1S/C26H30FN3O4S/c1-29-13-14-34-22-8-3-2-7-20(22)19-6-4-5-18(15-19)16-21-23(28-35(32,33)26(27)11-12-26)25(9-10-25)17-30(21)24(29)31/h2-8,15,21,23,28H,9-14,16-17H2,1H3/t21-,23+/m0/s1. The molecule has 1 saturated heterocycles. The average Bonchev–Trinajstić information content (AvgIpc) is 3.76. The van der Waals surface area contributed by atoms with Crippen molar-refractivity contribution in [2.45, 2.75) is 49.2 Å². The largest absolute Gasteiger partial charge is 0.491 e. The smallest absolute Gasteiger partial charge is 0.320 e. The summed E-state index contributed by atoms with van der Waals surface area (Å²) in [6, 6.07) is 14.8. The minimum atomic E-state index is -4.14. The molecule has 6 rings (SSSR count). The molecule has 186 valence electrons. The van der Waals surface area contributed by atoms with E-state index in [9.17, 15) is 17.6 Å². The molecule has 0 radical (unpaired) electrons. The highest BCUT2D eigenvalue weighted by Crippen LogP contribution is 2.56. The molecule has 0 aromatic heterocycles. The molecular formula is C26H30FN3O4S. The Morgan fingerprint density at radius 1 is 1.09 bits per heavy atom. The second-order valence-corrected chi connectivity index (χ2v) is 12.5. The van der Waals surface area contributed by atoms with Gasteiger partial charge >= 0.3 is 6.03 Å². The molecule has 1 spiro atoms. The maximum atomic E-state index is 14.7. The first-order chi connectivity index (χ1) is 16.7. The summed E-state index contributed by atoms with van der Waals surface area (Å²) in [5, 5.41) is -2.18. The first kappa shape index (κ1) is 22.8. The van der Waals surface area contributed by atoms with Crippen LogP contribution in [0.5, 0.6) is 5.75 Å². The highest BCUT2D eigenvalue weighted by molar-refractivity contribution is 7.91. The van der Waals surface area contributed by atoms with Crippen LogP contribution in [0.2, 0.25) is 0 Å². The number of hydrogen-bond donors (Lipinski definition) is 1. The number of benzene rings is 2. The van der Waals surface area contributed by atoms with Crippen molar-refractivity contribution in [1.29, 1.82) is 0 Å². The van der Waals surface area contributed by atoms with Gasteiger partial charge in [0, 0.05) is 43.5 Å². The molecule has 0 unspecified atom stereocenters. The predicted octanol–water partition coefficient (Wildman–Crippen LogP) is 3.55. The van der Waals surface area contributed by atoms with E-state index in [4.69, 9.17) is 4.74 Å². The van der Waals surface area contributed by atoms with Crippen LogP contribution in [0.3, 0.4) is 0 Å². The predicted molar refractivity (Wildman–Crippen MR) is 130 cm³/mol. The van der Waals surface area contributed by atoms with Gasteiger partial charge in [0.05, 0.1) is 12.6 Å². The minimum Gasteiger partial charge on any atom is -0.491 e. The zero-order chi connectivity index (χ0) is 24.4. The van der Waals surface area contributed by atoms with Gasteiger partial charge in [-0.1, -0.05) is 42.5 Å². The van der Waals surface area contributed by atoms with Crippen molar-refractivity contribution in [3.8, 4) is 16.9 Å². The fourth-order valence-electron chi connectivity index (χ4n) is 5.60. The summed E-state index contributed by atoms with van der Waals surface area (Å²) in [6.07, 6.45) is 2.17. The van der Waals surface area contributed by atoms with Crippen LogP contribution in [-0.4, -0.2) is 68.1 Å². The zero-order valence-corrected chi connectivity index (χ0v) is 20.6. The molecule has 2 amide bonds. The number of nitrogens with zero attached hydrogens (tertiary/aromatic N) is 2. The Balaban J connectivity index is 1.41. The van der Waals surface area contributed by atoms with E-state index in [1.807, 2.05) is 42.5 Å². The second-order valence-electron chi connectivity index (χ2n) is 10.5. The van der Waals surface area contributed by atoms with Gasteiger partial charge in [-0.15, -0.1) is 0 Å². The third-order valence-corrected chi connectivity index (χ3v) is 9.99. The summed E-state index contributed by atoms with van der Waals surface area (Å²) in [5.41, 5.74) is 2.62. The lowest BCUT2D eigenvalue weighted by Gasteiger charge is -2.32. The van der Waals surface area contributed by atoms with Gasteiger partial charge in [-0.2, -0.15) is 0 Å². The molecule has 2 saturated carbocycles. The van der Waals surface area contributed by atoms with Crippen molar-refractivity contribution < 1.29 is 22.3 Å². The molecule has 2 aliphatic carbocycles. The van der Waals surface area contributed by atoms with Crippen LogP contribution in [0, 0.1) is 5.41 Å². The lowest BCUT2D eigenvalue weighted by atomic mass is 9.91. The Labute approximate surface area is 205 Å². The molecular weight excluding hydrogens is 469 g/mol. The molecule has 3 fully saturated rings. The Hall–Kier alpha value is -2.65. The number of fused-ring (bicyclic) bond motifs is 5. The molecule has 9 heteroatoms. The molecule has 35 heavy (non-hydrogen) atoms.